The van der Waals surface area contributed by atoms with E-state index in [2.05, 4.69) is 10.1 Å². The molecule has 0 aromatic heterocycles. The van der Waals surface area contributed by atoms with Gasteiger partial charge in [0.2, 0.25) is 0 Å². The molecule has 28 heavy (non-hydrogen) atoms. The van der Waals surface area contributed by atoms with Crippen molar-refractivity contribution in [2.24, 2.45) is 0 Å². The van der Waals surface area contributed by atoms with Crippen molar-refractivity contribution in [1.29, 1.82) is 0 Å². The second-order valence-electron chi connectivity index (χ2n) is 5.38. The van der Waals surface area contributed by atoms with Crippen molar-refractivity contribution in [3.8, 4) is 0 Å². The third-order valence-corrected chi connectivity index (χ3v) is 3.37. The Labute approximate surface area is 156 Å². The fourth-order valence-electron chi connectivity index (χ4n) is 2.06. The van der Waals surface area contributed by atoms with Crippen LogP contribution in [0.2, 0.25) is 0 Å². The summed E-state index contributed by atoms with van der Waals surface area (Å²) in [6.45, 7) is -0.692. The average Bonchev–Trinajstić information content (AvgIpc) is 2.64. The molecular formula is C18H13F3N2O5. The lowest BCUT2D eigenvalue weighted by atomic mass is 10.1. The maximum atomic E-state index is 12.5. The number of halogens is 3. The summed E-state index contributed by atoms with van der Waals surface area (Å²) in [6, 6.07) is 9.52. The summed E-state index contributed by atoms with van der Waals surface area (Å²) in [4.78, 5) is 33.5. The Kier molecular flexibility index (Phi) is 6.48. The van der Waals surface area contributed by atoms with Crippen molar-refractivity contribution in [2.75, 3.05) is 11.9 Å². The Morgan fingerprint density at radius 1 is 1.11 bits per heavy atom. The molecule has 2 aromatic rings. The molecule has 0 bridgehead atoms. The first-order valence-electron chi connectivity index (χ1n) is 7.72. The number of alkyl halides is 3. The molecule has 0 radical (unpaired) electrons. The fraction of sp³-hybridized carbons (Fsp3) is 0.111. The first-order valence-corrected chi connectivity index (χ1v) is 7.72. The van der Waals surface area contributed by atoms with E-state index in [1.54, 1.807) is 0 Å². The van der Waals surface area contributed by atoms with Gasteiger partial charge < -0.3 is 10.1 Å². The Morgan fingerprint density at radius 3 is 2.36 bits per heavy atom. The topological polar surface area (TPSA) is 98.5 Å². The van der Waals surface area contributed by atoms with E-state index < -0.39 is 35.1 Å². The van der Waals surface area contributed by atoms with Crippen molar-refractivity contribution >= 4 is 29.3 Å². The molecule has 10 heteroatoms. The van der Waals surface area contributed by atoms with E-state index in [0.29, 0.717) is 5.56 Å². The maximum Gasteiger partial charge on any atom is 0.416 e. The van der Waals surface area contributed by atoms with Crippen LogP contribution in [0.25, 0.3) is 6.08 Å². The maximum absolute atomic E-state index is 12.5. The van der Waals surface area contributed by atoms with Crippen LogP contribution in [0, 0.1) is 10.1 Å². The van der Waals surface area contributed by atoms with Gasteiger partial charge in [0.25, 0.3) is 11.6 Å². The number of carbonyl (C=O) groups is 2. The number of nitrogens with zero attached hydrogens (tertiary/aromatic N) is 1. The zero-order valence-electron chi connectivity index (χ0n) is 14.1. The molecule has 146 valence electrons. The van der Waals surface area contributed by atoms with Crippen molar-refractivity contribution in [3.63, 3.8) is 0 Å². The van der Waals surface area contributed by atoms with Crippen LogP contribution in [0.15, 0.2) is 54.6 Å². The van der Waals surface area contributed by atoms with Gasteiger partial charge in [0.15, 0.2) is 6.61 Å². The summed E-state index contributed by atoms with van der Waals surface area (Å²) < 4.78 is 42.1. The number of para-hydroxylation sites is 2. The SMILES string of the molecule is O=C(COC(=O)/C=C/c1ccc(C(F)(F)F)cc1)Nc1ccccc1[N+](=O)[O-]. The van der Waals surface area contributed by atoms with Gasteiger partial charge in [-0.3, -0.25) is 14.9 Å². The summed E-state index contributed by atoms with van der Waals surface area (Å²) in [6.07, 6.45) is -2.29. The van der Waals surface area contributed by atoms with Gasteiger partial charge in [-0.15, -0.1) is 0 Å². The Morgan fingerprint density at radius 2 is 1.75 bits per heavy atom. The molecule has 0 unspecified atom stereocenters. The van der Waals surface area contributed by atoms with Crippen LogP contribution in [0.4, 0.5) is 24.5 Å². The predicted octanol–water partition coefficient (Wildman–Crippen LogP) is 3.81. The molecule has 0 spiro atoms. The highest BCUT2D eigenvalue weighted by Gasteiger charge is 2.29. The Balaban J connectivity index is 1.87. The van der Waals surface area contributed by atoms with Crippen LogP contribution in [-0.2, 0) is 20.5 Å². The number of amides is 1. The number of nitro benzene ring substituents is 1. The summed E-state index contributed by atoms with van der Waals surface area (Å²) in [5, 5.41) is 13.1. The average molecular weight is 394 g/mol. The highest BCUT2D eigenvalue weighted by molar-refractivity contribution is 5.96. The third kappa shape index (κ3) is 5.94. The monoisotopic (exact) mass is 394 g/mol. The smallest absolute Gasteiger partial charge is 0.416 e. The lowest BCUT2D eigenvalue weighted by Crippen LogP contribution is -2.20. The molecular weight excluding hydrogens is 381 g/mol. The van der Waals surface area contributed by atoms with Gasteiger partial charge in [-0.05, 0) is 29.8 Å². The fourth-order valence-corrected chi connectivity index (χ4v) is 2.06. The number of hydrogen-bond acceptors (Lipinski definition) is 5. The highest BCUT2D eigenvalue weighted by Crippen LogP contribution is 2.29. The lowest BCUT2D eigenvalue weighted by Gasteiger charge is -2.06. The van der Waals surface area contributed by atoms with E-state index in [1.165, 1.54) is 42.5 Å². The second kappa shape index (κ2) is 8.80. The number of benzene rings is 2. The van der Waals surface area contributed by atoms with Crippen molar-refractivity contribution in [1.82, 2.24) is 0 Å². The molecule has 0 heterocycles. The first kappa shape index (κ1) is 20.6. The van der Waals surface area contributed by atoms with Gasteiger partial charge in [-0.2, -0.15) is 13.2 Å². The molecule has 0 fully saturated rings. The molecule has 7 nitrogen and oxygen atoms in total. The highest BCUT2D eigenvalue weighted by atomic mass is 19.4. The molecule has 1 amide bonds. The zero-order valence-corrected chi connectivity index (χ0v) is 14.1. The van der Waals surface area contributed by atoms with Gasteiger partial charge >= 0.3 is 12.1 Å². The van der Waals surface area contributed by atoms with Crippen LogP contribution < -0.4 is 5.32 Å². The van der Waals surface area contributed by atoms with Crippen molar-refractivity contribution in [2.45, 2.75) is 6.18 Å². The van der Waals surface area contributed by atoms with Crippen LogP contribution in [0.1, 0.15) is 11.1 Å². The number of nitrogens with one attached hydrogen (secondary N) is 1. The molecule has 0 aliphatic heterocycles. The summed E-state index contributed by atoms with van der Waals surface area (Å²) in [7, 11) is 0. The minimum Gasteiger partial charge on any atom is -0.452 e. The molecule has 0 saturated heterocycles. The number of esters is 1. The molecule has 2 rings (SSSR count). The number of nitro groups is 1. The van der Waals surface area contributed by atoms with E-state index in [9.17, 15) is 32.9 Å². The standard InChI is InChI=1S/C18H13F3N2O5/c19-18(20,21)13-8-5-12(6-9-13)7-10-17(25)28-11-16(24)22-14-3-1-2-4-15(14)23(26)27/h1-10H,11H2,(H,22,24)/b10-7+. The van der Waals surface area contributed by atoms with E-state index in [0.717, 1.165) is 18.2 Å². The molecule has 0 saturated carbocycles. The largest absolute Gasteiger partial charge is 0.452 e. The predicted molar refractivity (Wildman–Crippen MR) is 93.2 cm³/mol. The molecule has 1 N–H and O–H groups in total. The minimum atomic E-state index is -4.46. The zero-order chi connectivity index (χ0) is 20.7. The molecule has 2 aromatic carbocycles. The Bertz CT molecular complexity index is 908. The number of ether oxygens (including phenoxy) is 1. The van der Waals surface area contributed by atoms with Gasteiger partial charge in [-0.25, -0.2) is 4.79 Å². The lowest BCUT2D eigenvalue weighted by molar-refractivity contribution is -0.383. The quantitative estimate of drug-likeness (QED) is 0.348. The molecule has 0 atom stereocenters. The number of hydrogen-bond donors (Lipinski definition) is 1. The van der Waals surface area contributed by atoms with E-state index in [-0.39, 0.29) is 11.4 Å². The van der Waals surface area contributed by atoms with Gasteiger partial charge in [0.05, 0.1) is 10.5 Å². The van der Waals surface area contributed by atoms with E-state index in [4.69, 9.17) is 0 Å². The van der Waals surface area contributed by atoms with Crippen LogP contribution in [-0.4, -0.2) is 23.4 Å². The summed E-state index contributed by atoms with van der Waals surface area (Å²) >= 11 is 0. The van der Waals surface area contributed by atoms with Crippen molar-refractivity contribution < 1.29 is 32.4 Å². The number of anilines is 1. The van der Waals surface area contributed by atoms with Crippen LogP contribution >= 0.6 is 0 Å². The minimum absolute atomic E-state index is 0.0474. The number of carbonyl (C=O) groups excluding carboxylic acids is 2. The van der Waals surface area contributed by atoms with Gasteiger partial charge in [-0.1, -0.05) is 24.3 Å². The van der Waals surface area contributed by atoms with Gasteiger partial charge in [0.1, 0.15) is 5.69 Å². The van der Waals surface area contributed by atoms with Gasteiger partial charge in [0, 0.05) is 12.1 Å². The number of rotatable bonds is 6. The van der Waals surface area contributed by atoms with E-state index in [1.807, 2.05) is 0 Å². The Hall–Kier alpha value is -3.69. The summed E-state index contributed by atoms with van der Waals surface area (Å²) in [5.41, 5.74) is -0.855. The van der Waals surface area contributed by atoms with E-state index >= 15 is 0 Å². The normalized spacial score (nSPS) is 11.2. The van der Waals surface area contributed by atoms with Crippen LogP contribution in [0.3, 0.4) is 0 Å². The molecule has 0 aliphatic carbocycles. The molecule has 0 aliphatic rings. The van der Waals surface area contributed by atoms with Crippen molar-refractivity contribution in [3.05, 3.63) is 75.8 Å². The second-order valence-corrected chi connectivity index (χ2v) is 5.38. The van der Waals surface area contributed by atoms with Crippen LogP contribution in [0.5, 0.6) is 0 Å². The first-order chi connectivity index (χ1) is 13.2. The summed E-state index contributed by atoms with van der Waals surface area (Å²) in [5.74, 6) is -1.69. The third-order valence-electron chi connectivity index (χ3n) is 3.37.